The van der Waals surface area contributed by atoms with E-state index in [1.807, 2.05) is 19.1 Å². The summed E-state index contributed by atoms with van der Waals surface area (Å²) in [4.78, 5) is 5.25. The molecule has 6 saturated carbocycles. The molecule has 4 N–H and O–H groups in total. The van der Waals surface area contributed by atoms with E-state index >= 15 is 0 Å². The SMILES string of the molecule is C.C.C=CCN1CC[C@]23c4c5ccc(O)c4O[C@H]2[C@@]2(O)CC[C@@]3(C[C@@H]2[C@](C)(O)C(C)(C)C)[C@H]1C5.C=CCN1CC[C@]23c4c5ccc(O)c4O[C@H]2[C@@]24CC[C@@]3(C[C@@H]2[C@@](C)(C(C)(C)C)OCO4)[C@H]1C5. The first-order valence-electron chi connectivity index (χ1n) is 25.1. The number of nitrogens with zero attached hydrogens (tertiary/aromatic N) is 2. The van der Waals surface area contributed by atoms with E-state index in [9.17, 15) is 20.4 Å². The minimum absolute atomic E-state index is 0. The van der Waals surface area contributed by atoms with Crippen molar-refractivity contribution in [3.63, 3.8) is 0 Å². The van der Waals surface area contributed by atoms with Gasteiger partial charge >= 0.3 is 0 Å². The highest BCUT2D eigenvalue weighted by molar-refractivity contribution is 5.65. The molecule has 14 atom stereocenters. The Kier molecular flexibility index (Phi) is 10.1. The Morgan fingerprint density at radius 2 is 1.21 bits per heavy atom. The maximum absolute atomic E-state index is 12.4. The standard InChI is InChI=1S/C28H37NO4.C27H37NO4.2CH4/c1-6-12-29-13-11-27-21-17-7-8-18(30)22(21)33-23(27)28-10-9-26(27,20(29)14-17)15-19(28)25(5,24(2,3)4)31-16-32-28;1-6-12-28-13-11-26-20-16-7-8-17(29)21(20)32-22(26)27(31)10-9-25(26,19(28)14-16)15-18(27)24(5,30)23(2,3)4;;/h6-8,19-20,23,30H,1,9-16H2,2-5H3;6-8,18-19,22,29-31H,1,9-15H2,2-5H3;2*1H4/t19-,20-,23-,25+,26-,27+,28-;18-,19-,22-,24+,25-,26+,27-;;/m11../s1. The number of hydrogen-bond acceptors (Lipinski definition) is 10. The number of aliphatic hydroxyl groups is 2. The fourth-order valence-corrected chi connectivity index (χ4v) is 18.4. The van der Waals surface area contributed by atoms with Gasteiger partial charge in [-0.1, -0.05) is 80.7 Å². The van der Waals surface area contributed by atoms with Crippen LogP contribution in [0.5, 0.6) is 23.0 Å². The van der Waals surface area contributed by atoms with Gasteiger partial charge in [0.05, 0.1) is 11.2 Å². The van der Waals surface area contributed by atoms with E-state index in [0.717, 1.165) is 95.3 Å². The molecule has 0 radical (unpaired) electrons. The van der Waals surface area contributed by atoms with Crippen molar-refractivity contribution in [1.82, 2.24) is 9.80 Å². The molecule has 2 aromatic carbocycles. The maximum Gasteiger partial charge on any atom is 0.165 e. The van der Waals surface area contributed by atoms with Crippen molar-refractivity contribution in [3.8, 4) is 23.0 Å². The summed E-state index contributed by atoms with van der Waals surface area (Å²) in [5, 5.41) is 46.1. The maximum atomic E-state index is 12.4. The Balaban J connectivity index is 0.000000152. The molecule has 10 heteroatoms. The molecule has 2 aromatic rings. The van der Waals surface area contributed by atoms with Gasteiger partial charge in [0.15, 0.2) is 23.0 Å². The summed E-state index contributed by atoms with van der Waals surface area (Å²) < 4.78 is 26.8. The largest absolute Gasteiger partial charge is 0.504 e. The number of benzene rings is 2. The van der Waals surface area contributed by atoms with Crippen LogP contribution in [0, 0.1) is 33.5 Å². The zero-order valence-electron chi connectivity index (χ0n) is 40.3. The van der Waals surface area contributed by atoms with Gasteiger partial charge in [0, 0.05) is 69.8 Å². The first kappa shape index (κ1) is 47.6. The Morgan fingerprint density at radius 1 is 0.701 bits per heavy atom. The van der Waals surface area contributed by atoms with E-state index < -0.39 is 22.7 Å². The highest BCUT2D eigenvalue weighted by atomic mass is 16.7. The summed E-state index contributed by atoms with van der Waals surface area (Å²) in [6.45, 7) is 29.5. The lowest BCUT2D eigenvalue weighted by Crippen LogP contribution is -2.84. The minimum Gasteiger partial charge on any atom is -0.504 e. The highest BCUT2D eigenvalue weighted by Gasteiger charge is 2.84. The van der Waals surface area contributed by atoms with Gasteiger partial charge in [0.25, 0.3) is 0 Å². The molecule has 5 heterocycles. The molecule has 3 saturated heterocycles. The van der Waals surface area contributed by atoms with E-state index in [1.165, 1.54) is 16.7 Å². The normalized spacial score (nSPS) is 43.9. The van der Waals surface area contributed by atoms with Gasteiger partial charge in [-0.15, -0.1) is 13.2 Å². The van der Waals surface area contributed by atoms with Gasteiger partial charge in [0.2, 0.25) is 0 Å². The first-order valence-corrected chi connectivity index (χ1v) is 25.1. The number of phenolic OH excluding ortho intramolecular Hbond substituents is 2. The summed E-state index contributed by atoms with van der Waals surface area (Å²) in [6, 6.07) is 8.57. The fourth-order valence-electron chi connectivity index (χ4n) is 18.4. The van der Waals surface area contributed by atoms with Crippen LogP contribution in [0.4, 0.5) is 0 Å². The van der Waals surface area contributed by atoms with Gasteiger partial charge in [0.1, 0.15) is 30.2 Å². The average molecular weight is 923 g/mol. The molecule has 9 fully saturated rings. The number of ether oxygens (including phenoxy) is 4. The molecule has 5 spiro atoms. The first-order chi connectivity index (χ1) is 30.6. The predicted molar refractivity (Wildman–Crippen MR) is 262 cm³/mol. The zero-order chi connectivity index (χ0) is 45.9. The van der Waals surface area contributed by atoms with E-state index in [4.69, 9.17) is 18.9 Å². The summed E-state index contributed by atoms with van der Waals surface area (Å²) in [6.07, 6.45) is 13.0. The number of aromatic hydroxyl groups is 2. The van der Waals surface area contributed by atoms with E-state index in [1.54, 1.807) is 6.07 Å². The van der Waals surface area contributed by atoms with Crippen molar-refractivity contribution in [2.45, 2.75) is 192 Å². The topological polar surface area (TPSA) is 124 Å². The Morgan fingerprint density at radius 3 is 1.73 bits per heavy atom. The number of likely N-dealkylation sites (tertiary alicyclic amines) is 2. The van der Waals surface area contributed by atoms with Crippen molar-refractivity contribution in [3.05, 3.63) is 71.8 Å². The minimum atomic E-state index is -1.14. The van der Waals surface area contributed by atoms with Gasteiger partial charge in [-0.05, 0) is 125 Å². The Bertz CT molecular complexity index is 2400. The van der Waals surface area contributed by atoms with E-state index in [-0.39, 0.29) is 82.6 Å². The van der Waals surface area contributed by atoms with Crippen molar-refractivity contribution >= 4 is 0 Å². The Labute approximate surface area is 401 Å². The van der Waals surface area contributed by atoms with Crippen LogP contribution in [0.25, 0.3) is 0 Å². The lowest BCUT2D eigenvalue weighted by Gasteiger charge is -2.76. The lowest BCUT2D eigenvalue weighted by atomic mass is 9.33. The third-order valence-electron chi connectivity index (χ3n) is 22.0. The van der Waals surface area contributed by atoms with Gasteiger partial charge in [-0.3, -0.25) is 9.80 Å². The molecular weight excluding hydrogens is 841 g/mol. The molecule has 0 unspecified atom stereocenters. The van der Waals surface area contributed by atoms with Crippen LogP contribution in [0.2, 0.25) is 0 Å². The molecule has 13 aliphatic rings. The second-order valence-corrected chi connectivity index (χ2v) is 25.3. The molecule has 8 aliphatic carbocycles. The quantitative estimate of drug-likeness (QED) is 0.216. The van der Waals surface area contributed by atoms with Crippen LogP contribution >= 0.6 is 0 Å². The molecule has 5 aliphatic heterocycles. The molecule has 8 bridgehead atoms. The number of rotatable bonds is 5. The van der Waals surface area contributed by atoms with Gasteiger partial charge in [-0.25, -0.2) is 0 Å². The molecule has 67 heavy (non-hydrogen) atoms. The van der Waals surface area contributed by atoms with Crippen LogP contribution in [-0.4, -0.2) is 110 Å². The molecule has 10 nitrogen and oxygen atoms in total. The van der Waals surface area contributed by atoms with Crippen LogP contribution in [-0.2, 0) is 33.1 Å². The van der Waals surface area contributed by atoms with Gasteiger partial charge < -0.3 is 39.4 Å². The van der Waals surface area contributed by atoms with Crippen molar-refractivity contribution < 1.29 is 39.4 Å². The average Bonchev–Trinajstić information content (AvgIpc) is 3.81. The van der Waals surface area contributed by atoms with E-state index in [2.05, 4.69) is 89.6 Å². The fraction of sp³-hybridized carbons (Fsp3) is 0.719. The molecular formula is C57H82N2O8. The summed E-state index contributed by atoms with van der Waals surface area (Å²) in [7, 11) is 0. The van der Waals surface area contributed by atoms with E-state index in [0.29, 0.717) is 31.0 Å². The van der Waals surface area contributed by atoms with Crippen LogP contribution in [0.15, 0.2) is 49.6 Å². The zero-order valence-corrected chi connectivity index (χ0v) is 40.3. The number of hydrogen-bond donors (Lipinski definition) is 4. The molecule has 0 aromatic heterocycles. The highest BCUT2D eigenvalue weighted by Crippen LogP contribution is 2.80. The lowest BCUT2D eigenvalue weighted by molar-refractivity contribution is -0.389. The second kappa shape index (κ2) is 14.3. The predicted octanol–water partition coefficient (Wildman–Crippen LogP) is 9.36. The number of piperidine rings is 2. The Hall–Kier alpha value is -3.12. The van der Waals surface area contributed by atoms with Crippen molar-refractivity contribution in [1.29, 1.82) is 0 Å². The monoisotopic (exact) mass is 923 g/mol. The van der Waals surface area contributed by atoms with Crippen molar-refractivity contribution in [2.24, 2.45) is 33.5 Å². The van der Waals surface area contributed by atoms with Crippen LogP contribution in [0.1, 0.15) is 144 Å². The molecule has 15 rings (SSSR count). The van der Waals surface area contributed by atoms with Crippen molar-refractivity contribution in [2.75, 3.05) is 33.0 Å². The van der Waals surface area contributed by atoms with Crippen LogP contribution in [0.3, 0.4) is 0 Å². The second-order valence-electron chi connectivity index (χ2n) is 25.3. The summed E-state index contributed by atoms with van der Waals surface area (Å²) >= 11 is 0. The van der Waals surface area contributed by atoms with Gasteiger partial charge in [-0.2, -0.15) is 0 Å². The molecule has 368 valence electrons. The number of phenols is 2. The summed E-state index contributed by atoms with van der Waals surface area (Å²) in [5.41, 5.74) is 1.36. The third kappa shape index (κ3) is 5.14. The third-order valence-corrected chi connectivity index (χ3v) is 22.0. The van der Waals surface area contributed by atoms with Crippen LogP contribution < -0.4 is 9.47 Å². The molecule has 0 amide bonds. The summed E-state index contributed by atoms with van der Waals surface area (Å²) in [5.74, 6) is 1.74. The smallest absolute Gasteiger partial charge is 0.165 e. The number of fused-ring (bicyclic) bond motifs is 3.